The molecule has 0 amide bonds. The third-order valence-corrected chi connectivity index (χ3v) is 10.3. The number of morpholine rings is 1. The maximum absolute atomic E-state index is 13.8. The fourth-order valence-corrected chi connectivity index (χ4v) is 7.65. The second-order valence-corrected chi connectivity index (χ2v) is 12.9. The molecule has 0 unspecified atom stereocenters. The summed E-state index contributed by atoms with van der Waals surface area (Å²) < 4.78 is 48.1. The first kappa shape index (κ1) is 26.8. The number of rotatable bonds is 7. The monoisotopic (exact) mass is 577 g/mol. The molecule has 11 heteroatoms. The standard InChI is InChI=1S/C30H35N5O5S/c36-41(37,26-4-2-1-3-5-26)35-22-28(25-20-32-34(21-25)11-10-33-12-14-38-15-13-33)27-18-24(19-31-29(27)35)23-6-8-30(9-7-23)39-16-17-40-30/h1-5,18-23H,6-17H2. The quantitative estimate of drug-likeness (QED) is 0.326. The lowest BCUT2D eigenvalue weighted by Gasteiger charge is -2.35. The SMILES string of the molecule is O=S(=O)(c1ccccc1)n1cc(-c2cnn(CCN3CCOCC3)c2)c2cc(C3CCC4(CC3)OCCO4)cnc21. The number of aromatic nitrogens is 4. The summed E-state index contributed by atoms with van der Waals surface area (Å²) in [5.74, 6) is -0.120. The van der Waals surface area contributed by atoms with E-state index in [1.807, 2.05) is 29.3 Å². The van der Waals surface area contributed by atoms with Crippen LogP contribution in [0.4, 0.5) is 0 Å². The lowest BCUT2D eigenvalue weighted by molar-refractivity contribution is -0.178. The van der Waals surface area contributed by atoms with Gasteiger partial charge in [-0.05, 0) is 42.5 Å². The van der Waals surface area contributed by atoms with Crippen molar-refractivity contribution < 1.29 is 22.6 Å². The van der Waals surface area contributed by atoms with Crippen LogP contribution in [0.2, 0.25) is 0 Å². The van der Waals surface area contributed by atoms with E-state index in [0.29, 0.717) is 24.8 Å². The molecule has 7 rings (SSSR count). The van der Waals surface area contributed by atoms with E-state index in [1.54, 1.807) is 30.5 Å². The van der Waals surface area contributed by atoms with Crippen molar-refractivity contribution >= 4 is 21.1 Å². The van der Waals surface area contributed by atoms with E-state index < -0.39 is 15.8 Å². The Hall–Kier alpha value is -3.09. The van der Waals surface area contributed by atoms with Crippen molar-refractivity contribution in [2.24, 2.45) is 0 Å². The van der Waals surface area contributed by atoms with E-state index in [9.17, 15) is 8.42 Å². The Morgan fingerprint density at radius 1 is 0.927 bits per heavy atom. The maximum atomic E-state index is 13.8. The van der Waals surface area contributed by atoms with Crippen LogP contribution in [0.1, 0.15) is 37.2 Å². The molecular weight excluding hydrogens is 542 g/mol. The zero-order valence-electron chi connectivity index (χ0n) is 23.0. The number of hydrogen-bond donors (Lipinski definition) is 0. The first-order valence-corrected chi connectivity index (χ1v) is 15.9. The lowest BCUT2D eigenvalue weighted by Crippen LogP contribution is -2.38. The third-order valence-electron chi connectivity index (χ3n) is 8.66. The van der Waals surface area contributed by atoms with Crippen LogP contribution in [-0.2, 0) is 30.8 Å². The van der Waals surface area contributed by atoms with Gasteiger partial charge in [-0.15, -0.1) is 0 Å². The molecule has 2 saturated heterocycles. The molecule has 3 aromatic heterocycles. The number of fused-ring (bicyclic) bond motifs is 1. The molecule has 0 radical (unpaired) electrons. The molecule has 1 aromatic carbocycles. The largest absolute Gasteiger partial charge is 0.379 e. The molecule has 1 saturated carbocycles. The van der Waals surface area contributed by atoms with Crippen LogP contribution in [0.25, 0.3) is 22.2 Å². The van der Waals surface area contributed by atoms with Gasteiger partial charge in [-0.25, -0.2) is 17.4 Å². The van der Waals surface area contributed by atoms with Gasteiger partial charge in [-0.1, -0.05) is 18.2 Å². The van der Waals surface area contributed by atoms with Crippen LogP contribution >= 0.6 is 0 Å². The van der Waals surface area contributed by atoms with Crippen LogP contribution < -0.4 is 0 Å². The Kier molecular flexibility index (Phi) is 7.16. The van der Waals surface area contributed by atoms with Crippen molar-refractivity contribution in [1.82, 2.24) is 23.6 Å². The van der Waals surface area contributed by atoms with Gasteiger partial charge in [0.25, 0.3) is 10.0 Å². The predicted octanol–water partition coefficient (Wildman–Crippen LogP) is 3.87. The lowest BCUT2D eigenvalue weighted by atomic mass is 9.81. The first-order chi connectivity index (χ1) is 20.0. The molecule has 3 fully saturated rings. The van der Waals surface area contributed by atoms with Gasteiger partial charge in [-0.2, -0.15) is 5.10 Å². The smallest absolute Gasteiger partial charge is 0.269 e. The molecule has 0 N–H and O–H groups in total. The van der Waals surface area contributed by atoms with E-state index in [1.165, 1.54) is 3.97 Å². The summed E-state index contributed by atoms with van der Waals surface area (Å²) in [6.07, 6.45) is 10.9. The van der Waals surface area contributed by atoms with Gasteiger partial charge >= 0.3 is 0 Å². The fraction of sp³-hybridized carbons (Fsp3) is 0.467. The number of nitrogens with zero attached hydrogens (tertiary/aromatic N) is 5. The summed E-state index contributed by atoms with van der Waals surface area (Å²) in [5, 5.41) is 5.43. The normalized spacial score (nSPS) is 20.3. The van der Waals surface area contributed by atoms with E-state index >= 15 is 0 Å². The highest BCUT2D eigenvalue weighted by atomic mass is 32.2. The van der Waals surface area contributed by atoms with Gasteiger partial charge in [-0.3, -0.25) is 9.58 Å². The van der Waals surface area contributed by atoms with Crippen molar-refractivity contribution in [2.75, 3.05) is 46.1 Å². The van der Waals surface area contributed by atoms with E-state index in [-0.39, 0.29) is 4.90 Å². The van der Waals surface area contributed by atoms with Crippen molar-refractivity contribution in [3.05, 3.63) is 66.7 Å². The molecule has 216 valence electrons. The van der Waals surface area contributed by atoms with Crippen molar-refractivity contribution in [2.45, 2.75) is 48.8 Å². The van der Waals surface area contributed by atoms with Gasteiger partial charge in [0.15, 0.2) is 11.4 Å². The van der Waals surface area contributed by atoms with Gasteiger partial charge in [0, 0.05) is 67.6 Å². The van der Waals surface area contributed by atoms with E-state index in [0.717, 1.165) is 87.2 Å². The van der Waals surface area contributed by atoms with Crippen molar-refractivity contribution in [3.8, 4) is 11.1 Å². The Labute approximate surface area is 239 Å². The van der Waals surface area contributed by atoms with E-state index in [4.69, 9.17) is 19.2 Å². The zero-order chi connectivity index (χ0) is 27.9. The van der Waals surface area contributed by atoms with Crippen LogP contribution in [-0.4, -0.2) is 83.9 Å². The van der Waals surface area contributed by atoms with Crippen LogP contribution in [0.15, 0.2) is 66.1 Å². The summed E-state index contributed by atoms with van der Waals surface area (Å²) in [4.78, 5) is 7.36. The molecule has 5 heterocycles. The summed E-state index contributed by atoms with van der Waals surface area (Å²) in [5.41, 5.74) is 3.21. The average Bonchev–Trinajstić information content (AvgIpc) is 3.76. The Morgan fingerprint density at radius 3 is 2.44 bits per heavy atom. The number of ether oxygens (including phenoxy) is 3. The molecule has 1 aliphatic carbocycles. The predicted molar refractivity (Wildman–Crippen MR) is 153 cm³/mol. The molecule has 4 aromatic rings. The van der Waals surface area contributed by atoms with Gasteiger partial charge < -0.3 is 14.2 Å². The fourth-order valence-electron chi connectivity index (χ4n) is 6.31. The Balaban J connectivity index is 1.23. The number of pyridine rings is 1. The summed E-state index contributed by atoms with van der Waals surface area (Å²) in [6.45, 7) is 6.32. The highest BCUT2D eigenvalue weighted by Gasteiger charge is 2.40. The molecule has 41 heavy (non-hydrogen) atoms. The zero-order valence-corrected chi connectivity index (χ0v) is 23.8. The molecule has 0 bridgehead atoms. The minimum absolute atomic E-state index is 0.227. The minimum atomic E-state index is -3.85. The first-order valence-electron chi connectivity index (χ1n) is 14.4. The molecule has 1 spiro atoms. The third kappa shape index (κ3) is 5.21. The highest BCUT2D eigenvalue weighted by Crippen LogP contribution is 2.43. The van der Waals surface area contributed by atoms with Crippen LogP contribution in [0, 0.1) is 0 Å². The Morgan fingerprint density at radius 2 is 1.68 bits per heavy atom. The maximum Gasteiger partial charge on any atom is 0.269 e. The summed E-state index contributed by atoms with van der Waals surface area (Å²) in [6, 6.07) is 10.6. The second-order valence-electron chi connectivity index (χ2n) is 11.1. The average molecular weight is 578 g/mol. The van der Waals surface area contributed by atoms with Gasteiger partial charge in [0.05, 0.1) is 44.1 Å². The summed E-state index contributed by atoms with van der Waals surface area (Å²) in [7, 11) is -3.85. The topological polar surface area (TPSA) is 101 Å². The molecular formula is C30H35N5O5S. The second kappa shape index (κ2) is 11.0. The number of hydrogen-bond acceptors (Lipinski definition) is 8. The van der Waals surface area contributed by atoms with E-state index in [2.05, 4.69) is 16.1 Å². The summed E-state index contributed by atoms with van der Waals surface area (Å²) >= 11 is 0. The molecule has 0 atom stereocenters. The highest BCUT2D eigenvalue weighted by molar-refractivity contribution is 7.90. The van der Waals surface area contributed by atoms with Crippen molar-refractivity contribution in [3.63, 3.8) is 0 Å². The molecule has 2 aliphatic heterocycles. The molecule has 10 nitrogen and oxygen atoms in total. The van der Waals surface area contributed by atoms with Gasteiger partial charge in [0.2, 0.25) is 0 Å². The minimum Gasteiger partial charge on any atom is -0.379 e. The molecule has 3 aliphatic rings. The van der Waals surface area contributed by atoms with Gasteiger partial charge in [0.1, 0.15) is 0 Å². The van der Waals surface area contributed by atoms with Crippen LogP contribution in [0.3, 0.4) is 0 Å². The number of benzene rings is 1. The van der Waals surface area contributed by atoms with Crippen molar-refractivity contribution in [1.29, 1.82) is 0 Å². The Bertz CT molecular complexity index is 1610. The van der Waals surface area contributed by atoms with Crippen LogP contribution in [0.5, 0.6) is 0 Å².